The molecule has 0 spiro atoms. The normalized spacial score (nSPS) is 13.9. The Labute approximate surface area is 96.6 Å². The van der Waals surface area contributed by atoms with Crippen LogP contribution in [0.15, 0.2) is 35.4 Å². The lowest BCUT2D eigenvalue weighted by atomic mass is 10.3. The lowest BCUT2D eigenvalue weighted by molar-refractivity contribution is 0.157. The third-order valence-electron chi connectivity index (χ3n) is 1.70. The van der Waals surface area contributed by atoms with Gasteiger partial charge in [-0.2, -0.15) is 5.10 Å². The van der Waals surface area contributed by atoms with Crippen LogP contribution in [0.3, 0.4) is 0 Å². The predicted octanol–water partition coefficient (Wildman–Crippen LogP) is 1.14. The van der Waals surface area contributed by atoms with Crippen LogP contribution in [-0.2, 0) is 0 Å². The lowest BCUT2D eigenvalue weighted by Crippen LogP contribution is -2.47. The summed E-state index contributed by atoms with van der Waals surface area (Å²) in [6, 6.07) is 8.82. The first-order valence-electron chi connectivity index (χ1n) is 4.55. The number of para-hydroxylation sites is 1. The average molecular weight is 238 g/mol. The van der Waals surface area contributed by atoms with E-state index in [1.807, 2.05) is 6.07 Å². The van der Waals surface area contributed by atoms with E-state index in [9.17, 15) is 4.79 Å². The Kier molecular flexibility index (Phi) is 3.62. The lowest BCUT2D eigenvalue weighted by Gasteiger charge is -2.14. The molecule has 0 atom stereocenters. The second-order valence-corrected chi connectivity index (χ2v) is 3.66. The van der Waals surface area contributed by atoms with Crippen LogP contribution in [-0.4, -0.2) is 22.6 Å². The van der Waals surface area contributed by atoms with Crippen molar-refractivity contribution >= 4 is 23.4 Å². The first-order valence-corrected chi connectivity index (χ1v) is 5.59. The minimum Gasteiger partial charge on any atom is -0.409 e. The molecule has 7 heteroatoms. The number of hydrazone groups is 1. The number of nitrogens with zero attached hydrogens (tertiary/aromatic N) is 2. The smallest absolute Gasteiger partial charge is 0.409 e. The van der Waals surface area contributed by atoms with Crippen molar-refractivity contribution in [2.24, 2.45) is 5.10 Å². The van der Waals surface area contributed by atoms with Crippen molar-refractivity contribution in [2.75, 3.05) is 5.88 Å². The Morgan fingerprint density at radius 2 is 2.25 bits per heavy atom. The van der Waals surface area contributed by atoms with Gasteiger partial charge in [0, 0.05) is 0 Å². The maximum absolute atomic E-state index is 11.3. The number of carbonyl (C=O) groups is 1. The molecular weight excluding hydrogens is 228 g/mol. The molecule has 1 aromatic rings. The Morgan fingerprint density at radius 1 is 1.44 bits per heavy atom. The molecule has 0 aromatic heterocycles. The van der Waals surface area contributed by atoms with Crippen molar-refractivity contribution in [1.29, 1.82) is 0 Å². The van der Waals surface area contributed by atoms with E-state index >= 15 is 0 Å². The van der Waals surface area contributed by atoms with Crippen LogP contribution in [0.2, 0.25) is 0 Å². The molecule has 0 unspecified atom stereocenters. The van der Waals surface area contributed by atoms with Gasteiger partial charge in [-0.1, -0.05) is 30.0 Å². The van der Waals surface area contributed by atoms with Gasteiger partial charge in [-0.25, -0.2) is 15.3 Å². The number of hydrogen-bond donors (Lipinski definition) is 2. The average Bonchev–Trinajstić information content (AvgIpc) is 2.81. The van der Waals surface area contributed by atoms with E-state index in [0.717, 1.165) is 0 Å². The molecule has 0 radical (unpaired) electrons. The van der Waals surface area contributed by atoms with Crippen molar-refractivity contribution < 1.29 is 9.53 Å². The van der Waals surface area contributed by atoms with Gasteiger partial charge in [-0.3, -0.25) is 0 Å². The minimum atomic E-state index is -0.585. The fraction of sp³-hybridized carbons (Fsp3) is 0.111. The zero-order valence-electron chi connectivity index (χ0n) is 8.29. The second-order valence-electron chi connectivity index (χ2n) is 2.86. The second kappa shape index (κ2) is 5.38. The number of ether oxygens (including phenoxy) is 1. The molecule has 6 nitrogen and oxygen atoms in total. The number of hydrogen-bond acceptors (Lipinski definition) is 6. The van der Waals surface area contributed by atoms with E-state index in [2.05, 4.69) is 16.1 Å². The molecule has 0 aliphatic carbocycles. The molecule has 0 bridgehead atoms. The highest BCUT2D eigenvalue weighted by Crippen LogP contribution is 2.08. The zero-order chi connectivity index (χ0) is 11.2. The molecule has 1 aliphatic heterocycles. The quantitative estimate of drug-likeness (QED) is 0.773. The molecule has 2 N–H and O–H groups in total. The molecule has 0 fully saturated rings. The van der Waals surface area contributed by atoms with E-state index in [-0.39, 0.29) is 0 Å². The molecule has 1 heterocycles. The van der Waals surface area contributed by atoms with E-state index in [4.69, 9.17) is 4.74 Å². The molecule has 1 aromatic carbocycles. The minimum absolute atomic E-state index is 0.487. The van der Waals surface area contributed by atoms with Gasteiger partial charge < -0.3 is 4.74 Å². The van der Waals surface area contributed by atoms with Crippen LogP contribution in [0.25, 0.3) is 0 Å². The van der Waals surface area contributed by atoms with E-state index in [0.29, 0.717) is 11.6 Å². The first-order chi connectivity index (χ1) is 7.84. The zero-order valence-corrected chi connectivity index (χ0v) is 9.11. The summed E-state index contributed by atoms with van der Waals surface area (Å²) in [4.78, 5) is 11.3. The van der Waals surface area contributed by atoms with Crippen molar-refractivity contribution in [3.63, 3.8) is 0 Å². The summed E-state index contributed by atoms with van der Waals surface area (Å²) in [6.07, 6.45) is -0.585. The predicted molar refractivity (Wildman–Crippen MR) is 61.5 cm³/mol. The molecule has 1 amide bonds. The van der Waals surface area contributed by atoms with Crippen molar-refractivity contribution in [3.05, 3.63) is 30.3 Å². The number of benzene rings is 1. The van der Waals surface area contributed by atoms with Gasteiger partial charge in [0.05, 0.1) is 5.55 Å². The topological polar surface area (TPSA) is 66.0 Å². The molecular formula is C9H10N4O2S. The number of nitrogens with one attached hydrogen (secondary N) is 2. The summed E-state index contributed by atoms with van der Waals surface area (Å²) in [7, 11) is 0. The van der Waals surface area contributed by atoms with Crippen LogP contribution in [0.5, 0.6) is 5.75 Å². The van der Waals surface area contributed by atoms with Crippen molar-refractivity contribution in [2.45, 2.75) is 0 Å². The van der Waals surface area contributed by atoms with Gasteiger partial charge in [0.1, 0.15) is 11.6 Å². The van der Waals surface area contributed by atoms with Crippen LogP contribution in [0.1, 0.15) is 0 Å². The summed E-state index contributed by atoms with van der Waals surface area (Å²) in [5.74, 6) is 1.13. The molecule has 0 saturated heterocycles. The number of rotatable bonds is 3. The maximum atomic E-state index is 11.3. The van der Waals surface area contributed by atoms with E-state index in [1.165, 1.54) is 16.9 Å². The van der Waals surface area contributed by atoms with Crippen LogP contribution < -0.4 is 15.7 Å². The van der Waals surface area contributed by atoms with Gasteiger partial charge in [0.25, 0.3) is 0 Å². The summed E-state index contributed by atoms with van der Waals surface area (Å²) < 4.78 is 4.98. The SMILES string of the molecule is O=C(NNN1CSC=N1)Oc1ccccc1. The number of carbonyl (C=O) groups excluding carboxylic acids is 1. The summed E-state index contributed by atoms with van der Waals surface area (Å²) >= 11 is 1.52. The summed E-state index contributed by atoms with van der Waals surface area (Å²) in [5.41, 5.74) is 6.63. The van der Waals surface area contributed by atoms with Crippen molar-refractivity contribution in [3.8, 4) is 5.75 Å². The van der Waals surface area contributed by atoms with E-state index in [1.54, 1.807) is 29.8 Å². The highest BCUT2D eigenvalue weighted by molar-refractivity contribution is 8.12. The molecule has 1 aliphatic rings. The Bertz CT molecular complexity index is 384. The van der Waals surface area contributed by atoms with Crippen LogP contribution in [0, 0.1) is 0 Å². The highest BCUT2D eigenvalue weighted by Gasteiger charge is 2.08. The molecule has 84 valence electrons. The molecule has 16 heavy (non-hydrogen) atoms. The van der Waals surface area contributed by atoms with E-state index < -0.39 is 6.09 Å². The van der Waals surface area contributed by atoms with Gasteiger partial charge >= 0.3 is 6.09 Å². The van der Waals surface area contributed by atoms with Gasteiger partial charge in [-0.05, 0) is 12.1 Å². The number of amides is 1. The Balaban J connectivity index is 1.74. The molecule has 2 rings (SSSR count). The summed E-state index contributed by atoms with van der Waals surface area (Å²) in [6.45, 7) is 0. The van der Waals surface area contributed by atoms with Gasteiger partial charge in [0.2, 0.25) is 0 Å². The van der Waals surface area contributed by atoms with Crippen LogP contribution in [0.4, 0.5) is 4.79 Å². The fourth-order valence-electron chi connectivity index (χ4n) is 1.02. The Morgan fingerprint density at radius 3 is 2.94 bits per heavy atom. The highest BCUT2D eigenvalue weighted by atomic mass is 32.2. The van der Waals surface area contributed by atoms with Gasteiger partial charge in [0.15, 0.2) is 0 Å². The maximum Gasteiger partial charge on any atom is 0.428 e. The third-order valence-corrected chi connectivity index (χ3v) is 2.34. The monoisotopic (exact) mass is 238 g/mol. The first kappa shape index (κ1) is 10.8. The number of hydrazine groups is 2. The Hall–Kier alpha value is -1.73. The standard InChI is InChI=1S/C9H10N4O2S/c14-9(11-12-13-7-16-6-10-13)15-8-4-2-1-3-5-8/h1-6,12H,7H2,(H,11,14). The van der Waals surface area contributed by atoms with Crippen molar-refractivity contribution in [1.82, 2.24) is 16.1 Å². The largest absolute Gasteiger partial charge is 0.428 e. The van der Waals surface area contributed by atoms with Gasteiger partial charge in [-0.15, -0.1) is 5.53 Å². The molecule has 0 saturated carbocycles. The van der Waals surface area contributed by atoms with Crippen LogP contribution >= 0.6 is 11.8 Å². The summed E-state index contributed by atoms with van der Waals surface area (Å²) in [5, 5.41) is 5.39. The number of thioether (sulfide) groups is 1. The third kappa shape index (κ3) is 3.14. The fourth-order valence-corrected chi connectivity index (χ4v) is 1.54.